The molecule has 0 radical (unpaired) electrons. The molecular formula is C16H22N2O2. The summed E-state index contributed by atoms with van der Waals surface area (Å²) in [6.07, 6.45) is 2.10. The van der Waals surface area contributed by atoms with Crippen LogP contribution < -0.4 is 10.1 Å². The van der Waals surface area contributed by atoms with Crippen molar-refractivity contribution in [3.05, 3.63) is 48.3 Å². The fourth-order valence-electron chi connectivity index (χ4n) is 2.05. The SMILES string of the molecule is CCn1cccc1CNc1cccc(OCCOC)c1. The van der Waals surface area contributed by atoms with Gasteiger partial charge >= 0.3 is 0 Å². The monoisotopic (exact) mass is 274 g/mol. The Kier molecular flexibility index (Phi) is 5.50. The number of nitrogens with zero attached hydrogens (tertiary/aromatic N) is 1. The van der Waals surface area contributed by atoms with Gasteiger partial charge in [0.05, 0.1) is 13.2 Å². The predicted octanol–water partition coefficient (Wildman–Crippen LogP) is 3.15. The summed E-state index contributed by atoms with van der Waals surface area (Å²) < 4.78 is 12.8. The van der Waals surface area contributed by atoms with E-state index in [0.717, 1.165) is 24.5 Å². The number of benzene rings is 1. The van der Waals surface area contributed by atoms with Crippen molar-refractivity contribution < 1.29 is 9.47 Å². The molecule has 108 valence electrons. The summed E-state index contributed by atoms with van der Waals surface area (Å²) in [5.74, 6) is 0.859. The van der Waals surface area contributed by atoms with Crippen LogP contribution in [-0.4, -0.2) is 24.9 Å². The molecule has 0 atom stereocenters. The molecule has 0 aliphatic carbocycles. The minimum atomic E-state index is 0.568. The van der Waals surface area contributed by atoms with Crippen molar-refractivity contribution in [1.82, 2.24) is 4.57 Å². The molecule has 4 nitrogen and oxygen atoms in total. The summed E-state index contributed by atoms with van der Waals surface area (Å²) in [5.41, 5.74) is 2.34. The third kappa shape index (κ3) is 4.03. The van der Waals surface area contributed by atoms with Gasteiger partial charge in [0.1, 0.15) is 12.4 Å². The van der Waals surface area contributed by atoms with Gasteiger partial charge < -0.3 is 19.4 Å². The van der Waals surface area contributed by atoms with Crippen LogP contribution in [0, 0.1) is 0 Å². The Morgan fingerprint density at radius 3 is 2.85 bits per heavy atom. The second kappa shape index (κ2) is 7.60. The Morgan fingerprint density at radius 2 is 2.05 bits per heavy atom. The number of rotatable bonds is 8. The Morgan fingerprint density at radius 1 is 1.15 bits per heavy atom. The highest BCUT2D eigenvalue weighted by molar-refractivity contribution is 5.48. The van der Waals surface area contributed by atoms with Crippen LogP contribution in [0.2, 0.25) is 0 Å². The van der Waals surface area contributed by atoms with Gasteiger partial charge in [-0.2, -0.15) is 0 Å². The number of hydrogen-bond donors (Lipinski definition) is 1. The van der Waals surface area contributed by atoms with Crippen LogP contribution in [0.15, 0.2) is 42.6 Å². The maximum atomic E-state index is 5.60. The van der Waals surface area contributed by atoms with Crippen molar-refractivity contribution in [2.75, 3.05) is 25.6 Å². The van der Waals surface area contributed by atoms with Crippen LogP contribution in [0.25, 0.3) is 0 Å². The molecule has 0 aliphatic rings. The number of hydrogen-bond acceptors (Lipinski definition) is 3. The van der Waals surface area contributed by atoms with E-state index in [-0.39, 0.29) is 0 Å². The van der Waals surface area contributed by atoms with Crippen LogP contribution >= 0.6 is 0 Å². The van der Waals surface area contributed by atoms with E-state index in [4.69, 9.17) is 9.47 Å². The first-order valence-electron chi connectivity index (χ1n) is 6.93. The minimum absolute atomic E-state index is 0.568. The lowest BCUT2D eigenvalue weighted by molar-refractivity contribution is 0.146. The Labute approximate surface area is 120 Å². The van der Waals surface area contributed by atoms with Gasteiger partial charge in [0, 0.05) is 37.3 Å². The van der Waals surface area contributed by atoms with Crippen molar-refractivity contribution >= 4 is 5.69 Å². The van der Waals surface area contributed by atoms with Crippen LogP contribution in [0.5, 0.6) is 5.75 Å². The highest BCUT2D eigenvalue weighted by Crippen LogP contribution is 2.18. The highest BCUT2D eigenvalue weighted by atomic mass is 16.5. The van der Waals surface area contributed by atoms with E-state index in [0.29, 0.717) is 13.2 Å². The first-order valence-corrected chi connectivity index (χ1v) is 6.93. The summed E-state index contributed by atoms with van der Waals surface area (Å²) in [4.78, 5) is 0. The summed E-state index contributed by atoms with van der Waals surface area (Å²) in [6.45, 7) is 5.11. The molecule has 1 aromatic heterocycles. The normalized spacial score (nSPS) is 10.5. The molecular weight excluding hydrogens is 252 g/mol. The molecule has 0 saturated heterocycles. The van der Waals surface area contributed by atoms with Crippen molar-refractivity contribution in [3.8, 4) is 5.75 Å². The first kappa shape index (κ1) is 14.5. The molecule has 0 fully saturated rings. The molecule has 1 aromatic carbocycles. The fourth-order valence-corrected chi connectivity index (χ4v) is 2.05. The lowest BCUT2D eigenvalue weighted by Crippen LogP contribution is -2.07. The van der Waals surface area contributed by atoms with Gasteiger partial charge in [0.2, 0.25) is 0 Å². The molecule has 2 aromatic rings. The maximum Gasteiger partial charge on any atom is 0.121 e. The molecule has 0 bridgehead atoms. The van der Waals surface area contributed by atoms with Crippen LogP contribution in [0.1, 0.15) is 12.6 Å². The Hall–Kier alpha value is -1.94. The molecule has 0 aliphatic heterocycles. The van der Waals surface area contributed by atoms with Crippen LogP contribution in [0.4, 0.5) is 5.69 Å². The van der Waals surface area contributed by atoms with Gasteiger partial charge in [-0.3, -0.25) is 0 Å². The molecule has 2 rings (SSSR count). The molecule has 0 saturated carbocycles. The highest BCUT2D eigenvalue weighted by Gasteiger charge is 2.00. The zero-order chi connectivity index (χ0) is 14.2. The molecule has 0 unspecified atom stereocenters. The van der Waals surface area contributed by atoms with Gasteiger partial charge in [-0.15, -0.1) is 0 Å². The van der Waals surface area contributed by atoms with E-state index in [2.05, 4.69) is 35.1 Å². The molecule has 20 heavy (non-hydrogen) atoms. The minimum Gasteiger partial charge on any atom is -0.491 e. The zero-order valence-electron chi connectivity index (χ0n) is 12.1. The third-order valence-corrected chi connectivity index (χ3v) is 3.13. The maximum absolute atomic E-state index is 5.60. The van der Waals surface area contributed by atoms with Crippen LogP contribution in [0.3, 0.4) is 0 Å². The summed E-state index contributed by atoms with van der Waals surface area (Å²) in [6, 6.07) is 12.2. The largest absolute Gasteiger partial charge is 0.491 e. The molecule has 0 amide bonds. The number of methoxy groups -OCH3 is 1. The molecule has 4 heteroatoms. The number of nitrogens with one attached hydrogen (secondary N) is 1. The summed E-state index contributed by atoms with van der Waals surface area (Å²) in [5, 5.41) is 3.42. The topological polar surface area (TPSA) is 35.4 Å². The van der Waals surface area contributed by atoms with Gasteiger partial charge in [0.15, 0.2) is 0 Å². The second-order valence-corrected chi connectivity index (χ2v) is 4.51. The summed E-state index contributed by atoms with van der Waals surface area (Å²) >= 11 is 0. The lowest BCUT2D eigenvalue weighted by atomic mass is 10.3. The van der Waals surface area contributed by atoms with Crippen LogP contribution in [-0.2, 0) is 17.8 Å². The number of aryl methyl sites for hydroxylation is 1. The average Bonchev–Trinajstić information content (AvgIpc) is 2.93. The number of ether oxygens (including phenoxy) is 2. The van der Waals surface area contributed by atoms with Crippen molar-refractivity contribution in [2.45, 2.75) is 20.0 Å². The van der Waals surface area contributed by atoms with Crippen molar-refractivity contribution in [2.24, 2.45) is 0 Å². The predicted molar refractivity (Wildman–Crippen MR) is 81.2 cm³/mol. The molecule has 1 N–H and O–H groups in total. The Balaban J connectivity index is 1.91. The van der Waals surface area contributed by atoms with Gasteiger partial charge in [0.25, 0.3) is 0 Å². The van der Waals surface area contributed by atoms with Gasteiger partial charge in [-0.1, -0.05) is 6.07 Å². The standard InChI is InChI=1S/C16H22N2O2/c1-3-18-9-5-7-15(18)13-17-14-6-4-8-16(12-14)20-11-10-19-2/h4-9,12,17H,3,10-11,13H2,1-2H3. The first-order chi connectivity index (χ1) is 9.83. The summed E-state index contributed by atoms with van der Waals surface area (Å²) in [7, 11) is 1.67. The van der Waals surface area contributed by atoms with E-state index >= 15 is 0 Å². The van der Waals surface area contributed by atoms with Crippen molar-refractivity contribution in [3.63, 3.8) is 0 Å². The second-order valence-electron chi connectivity index (χ2n) is 4.51. The average molecular weight is 274 g/mol. The smallest absolute Gasteiger partial charge is 0.121 e. The third-order valence-electron chi connectivity index (χ3n) is 3.13. The lowest BCUT2D eigenvalue weighted by Gasteiger charge is -2.11. The molecule has 0 spiro atoms. The fraction of sp³-hybridized carbons (Fsp3) is 0.375. The van der Waals surface area contributed by atoms with E-state index in [1.165, 1.54) is 5.69 Å². The van der Waals surface area contributed by atoms with E-state index in [9.17, 15) is 0 Å². The van der Waals surface area contributed by atoms with E-state index < -0.39 is 0 Å². The van der Waals surface area contributed by atoms with Gasteiger partial charge in [-0.25, -0.2) is 0 Å². The Bertz CT molecular complexity index is 523. The quantitative estimate of drug-likeness (QED) is 0.751. The van der Waals surface area contributed by atoms with Crippen molar-refractivity contribution in [1.29, 1.82) is 0 Å². The van der Waals surface area contributed by atoms with E-state index in [1.807, 2.05) is 24.3 Å². The van der Waals surface area contributed by atoms with E-state index in [1.54, 1.807) is 7.11 Å². The number of anilines is 1. The number of aromatic nitrogens is 1. The van der Waals surface area contributed by atoms with Gasteiger partial charge in [-0.05, 0) is 31.2 Å². The zero-order valence-corrected chi connectivity index (χ0v) is 12.1. The molecule has 1 heterocycles.